The maximum absolute atomic E-state index is 6.83. The van der Waals surface area contributed by atoms with Crippen molar-refractivity contribution in [1.82, 2.24) is 0 Å². The number of rotatable bonds is 4. The lowest BCUT2D eigenvalue weighted by Crippen LogP contribution is -2.61. The molecule has 0 spiro atoms. The molecule has 2 saturated carbocycles. The minimum Gasteiger partial charge on any atom is -0.325 e. The summed E-state index contributed by atoms with van der Waals surface area (Å²) in [7, 11) is 0. The average molecular weight is 309 g/mol. The van der Waals surface area contributed by atoms with Gasteiger partial charge in [-0.15, -0.1) is 0 Å². The molecule has 0 aromatic rings. The minimum atomic E-state index is -0.0381. The lowest BCUT2D eigenvalue weighted by molar-refractivity contribution is -0.105. The molecule has 0 bridgehead atoms. The Morgan fingerprint density at radius 3 is 2.32 bits per heavy atom. The van der Waals surface area contributed by atoms with Gasteiger partial charge in [0.2, 0.25) is 0 Å². The van der Waals surface area contributed by atoms with E-state index in [2.05, 4.69) is 41.5 Å². The third-order valence-electron chi connectivity index (χ3n) is 7.65. The van der Waals surface area contributed by atoms with Crippen molar-refractivity contribution in [1.29, 1.82) is 0 Å². The molecule has 0 saturated heterocycles. The molecule has 2 heteroatoms. The second-order valence-electron chi connectivity index (χ2n) is 10.0. The molecule has 130 valence electrons. The smallest absolute Gasteiger partial charge is 0.0159 e. The summed E-state index contributed by atoms with van der Waals surface area (Å²) in [5.74, 6) is 1.42. The Labute approximate surface area is 138 Å². The van der Waals surface area contributed by atoms with Gasteiger partial charge in [-0.3, -0.25) is 0 Å². The van der Waals surface area contributed by atoms with Crippen LogP contribution in [-0.2, 0) is 0 Å². The predicted octanol–water partition coefficient (Wildman–Crippen LogP) is 4.85. The monoisotopic (exact) mass is 308 g/mol. The van der Waals surface area contributed by atoms with Crippen LogP contribution in [-0.4, -0.2) is 11.1 Å². The summed E-state index contributed by atoms with van der Waals surface area (Å²) in [6.45, 7) is 14.2. The minimum absolute atomic E-state index is 0.0253. The average Bonchev–Trinajstić information content (AvgIpc) is 2.35. The molecule has 0 aromatic heterocycles. The SMILES string of the molecule is CCC(C)(N)CC[C@@H]1[C@@]2(C)CCCC(C)(C)[C@@H]2CC[C@]1(C)N. The van der Waals surface area contributed by atoms with Gasteiger partial charge in [-0.05, 0) is 81.5 Å². The molecule has 4 N–H and O–H groups in total. The third-order valence-corrected chi connectivity index (χ3v) is 7.65. The van der Waals surface area contributed by atoms with Crippen LogP contribution in [0.2, 0.25) is 0 Å². The summed E-state index contributed by atoms with van der Waals surface area (Å²) in [6.07, 6.45) is 9.92. The Balaban J connectivity index is 2.26. The maximum atomic E-state index is 6.83. The van der Waals surface area contributed by atoms with Crippen LogP contribution in [0.3, 0.4) is 0 Å². The van der Waals surface area contributed by atoms with E-state index < -0.39 is 0 Å². The Morgan fingerprint density at radius 2 is 1.73 bits per heavy atom. The number of hydrogen-bond donors (Lipinski definition) is 2. The molecule has 22 heavy (non-hydrogen) atoms. The second-order valence-corrected chi connectivity index (χ2v) is 10.0. The van der Waals surface area contributed by atoms with Crippen molar-refractivity contribution in [2.75, 3.05) is 0 Å². The second kappa shape index (κ2) is 5.77. The Morgan fingerprint density at radius 1 is 1.09 bits per heavy atom. The van der Waals surface area contributed by atoms with Crippen LogP contribution >= 0.6 is 0 Å². The molecule has 0 aromatic carbocycles. The highest BCUT2D eigenvalue weighted by Crippen LogP contribution is 2.62. The standard InChI is InChI=1S/C20H40N2/c1-7-18(4,21)13-9-16-19(5)12-8-11-17(2,3)15(19)10-14-20(16,6)22/h15-16H,7-14,21-22H2,1-6H3/t15-,16+,18?,19-,20-/m0/s1. The first-order valence-electron chi connectivity index (χ1n) is 9.52. The summed E-state index contributed by atoms with van der Waals surface area (Å²) in [5, 5.41) is 0. The number of hydrogen-bond acceptors (Lipinski definition) is 2. The van der Waals surface area contributed by atoms with Crippen molar-refractivity contribution in [3.63, 3.8) is 0 Å². The van der Waals surface area contributed by atoms with Crippen LogP contribution in [0, 0.1) is 22.7 Å². The van der Waals surface area contributed by atoms with Gasteiger partial charge in [-0.25, -0.2) is 0 Å². The van der Waals surface area contributed by atoms with Crippen LogP contribution in [0.15, 0.2) is 0 Å². The third kappa shape index (κ3) is 3.24. The fourth-order valence-corrected chi connectivity index (χ4v) is 6.00. The van der Waals surface area contributed by atoms with Crippen LogP contribution < -0.4 is 11.5 Å². The van der Waals surface area contributed by atoms with E-state index in [9.17, 15) is 0 Å². The number of fused-ring (bicyclic) bond motifs is 1. The highest BCUT2D eigenvalue weighted by molar-refractivity contribution is 5.09. The first kappa shape index (κ1) is 18.3. The van der Waals surface area contributed by atoms with E-state index in [0.29, 0.717) is 16.7 Å². The van der Waals surface area contributed by atoms with Gasteiger partial charge in [0, 0.05) is 11.1 Å². The summed E-state index contributed by atoms with van der Waals surface area (Å²) in [6, 6.07) is 0. The van der Waals surface area contributed by atoms with E-state index >= 15 is 0 Å². The van der Waals surface area contributed by atoms with Gasteiger partial charge < -0.3 is 11.5 Å². The van der Waals surface area contributed by atoms with E-state index in [-0.39, 0.29) is 11.1 Å². The fraction of sp³-hybridized carbons (Fsp3) is 1.00. The van der Waals surface area contributed by atoms with Gasteiger partial charge in [0.05, 0.1) is 0 Å². The lowest BCUT2D eigenvalue weighted by Gasteiger charge is -2.62. The van der Waals surface area contributed by atoms with Crippen molar-refractivity contribution in [3.05, 3.63) is 0 Å². The highest BCUT2D eigenvalue weighted by Gasteiger charge is 2.56. The van der Waals surface area contributed by atoms with Crippen molar-refractivity contribution >= 4 is 0 Å². The highest BCUT2D eigenvalue weighted by atomic mass is 14.8. The maximum Gasteiger partial charge on any atom is 0.0159 e. The topological polar surface area (TPSA) is 52.0 Å². The zero-order valence-corrected chi connectivity index (χ0v) is 16.0. The molecule has 2 rings (SSSR count). The predicted molar refractivity (Wildman–Crippen MR) is 96.7 cm³/mol. The molecule has 0 aliphatic heterocycles. The van der Waals surface area contributed by atoms with Gasteiger partial charge in [0.1, 0.15) is 0 Å². The molecule has 0 amide bonds. The van der Waals surface area contributed by atoms with Crippen molar-refractivity contribution < 1.29 is 0 Å². The zero-order valence-electron chi connectivity index (χ0n) is 16.0. The largest absolute Gasteiger partial charge is 0.325 e. The molecule has 2 fully saturated rings. The fourth-order valence-electron chi connectivity index (χ4n) is 6.00. The van der Waals surface area contributed by atoms with Crippen LogP contribution in [0.5, 0.6) is 0 Å². The molecule has 2 aliphatic carbocycles. The van der Waals surface area contributed by atoms with Gasteiger partial charge in [0.25, 0.3) is 0 Å². The van der Waals surface area contributed by atoms with Gasteiger partial charge in [-0.2, -0.15) is 0 Å². The van der Waals surface area contributed by atoms with E-state index in [0.717, 1.165) is 18.8 Å². The summed E-state index contributed by atoms with van der Waals surface area (Å²) >= 11 is 0. The van der Waals surface area contributed by atoms with Crippen molar-refractivity contribution in [2.24, 2.45) is 34.1 Å². The molecule has 2 aliphatic rings. The van der Waals surface area contributed by atoms with E-state index in [1.807, 2.05) is 0 Å². The first-order chi connectivity index (χ1) is 9.95. The summed E-state index contributed by atoms with van der Waals surface area (Å²) < 4.78 is 0. The van der Waals surface area contributed by atoms with Crippen LogP contribution in [0.25, 0.3) is 0 Å². The van der Waals surface area contributed by atoms with Crippen LogP contribution in [0.4, 0.5) is 0 Å². The quantitative estimate of drug-likeness (QED) is 0.779. The molecular formula is C20H40N2. The van der Waals surface area contributed by atoms with E-state index in [1.165, 1.54) is 38.5 Å². The molecule has 0 radical (unpaired) electrons. The zero-order chi connectivity index (χ0) is 16.8. The summed E-state index contributed by atoms with van der Waals surface area (Å²) in [4.78, 5) is 0. The Kier molecular flexibility index (Phi) is 4.79. The number of nitrogens with two attached hydrogens (primary N) is 2. The van der Waals surface area contributed by atoms with Gasteiger partial charge >= 0.3 is 0 Å². The van der Waals surface area contributed by atoms with Crippen LogP contribution in [0.1, 0.15) is 92.9 Å². The molecule has 2 nitrogen and oxygen atoms in total. The lowest BCUT2D eigenvalue weighted by atomic mass is 9.44. The molecule has 0 heterocycles. The van der Waals surface area contributed by atoms with E-state index in [1.54, 1.807) is 0 Å². The summed E-state index contributed by atoms with van der Waals surface area (Å²) in [5.41, 5.74) is 14.1. The normalized spacial score (nSPS) is 44.2. The molecule has 5 atom stereocenters. The Hall–Kier alpha value is -0.0800. The van der Waals surface area contributed by atoms with Crippen molar-refractivity contribution in [2.45, 2.75) is 104 Å². The Bertz CT molecular complexity index is 397. The first-order valence-corrected chi connectivity index (χ1v) is 9.52. The molecular weight excluding hydrogens is 268 g/mol. The van der Waals surface area contributed by atoms with E-state index in [4.69, 9.17) is 11.5 Å². The van der Waals surface area contributed by atoms with Gasteiger partial charge in [0.15, 0.2) is 0 Å². The molecule has 1 unspecified atom stereocenters. The van der Waals surface area contributed by atoms with Gasteiger partial charge in [-0.1, -0.05) is 34.1 Å². The van der Waals surface area contributed by atoms with Crippen molar-refractivity contribution in [3.8, 4) is 0 Å².